The number of benzene rings is 1. The van der Waals surface area contributed by atoms with E-state index in [1.807, 2.05) is 24.3 Å². The van der Waals surface area contributed by atoms with E-state index in [2.05, 4.69) is 42.4 Å². The van der Waals surface area contributed by atoms with Gasteiger partial charge >= 0.3 is 0 Å². The molecular weight excluding hydrogens is 308 g/mol. The van der Waals surface area contributed by atoms with E-state index in [4.69, 9.17) is 4.74 Å². The molecule has 0 aliphatic rings. The van der Waals surface area contributed by atoms with Crippen LogP contribution >= 0.6 is 28.6 Å². The maximum Gasteiger partial charge on any atom is 0.120 e. The second-order valence-corrected chi connectivity index (χ2v) is 6.14. The van der Waals surface area contributed by atoms with E-state index < -0.39 is 0 Å². The molecule has 0 unspecified atom stereocenters. The standard InChI is InChI=1S/C15H23BrOS/c1-3-8-15(12-18,9-4-2)11-17-14-7-5-6-13(16)10-14/h5-7,10,18H,3-4,8-9,11-12H2,1-2H3. The van der Waals surface area contributed by atoms with Crippen molar-refractivity contribution in [2.24, 2.45) is 5.41 Å². The van der Waals surface area contributed by atoms with Crippen LogP contribution in [0.15, 0.2) is 28.7 Å². The molecule has 0 bridgehead atoms. The Morgan fingerprint density at radius 3 is 2.39 bits per heavy atom. The van der Waals surface area contributed by atoms with Crippen LogP contribution in [0.5, 0.6) is 5.75 Å². The molecule has 3 heteroatoms. The van der Waals surface area contributed by atoms with Gasteiger partial charge in [0.15, 0.2) is 0 Å². The Hall–Kier alpha value is -0.150. The van der Waals surface area contributed by atoms with E-state index in [9.17, 15) is 0 Å². The molecule has 1 nitrogen and oxygen atoms in total. The second-order valence-electron chi connectivity index (χ2n) is 4.90. The van der Waals surface area contributed by atoms with Crippen molar-refractivity contribution in [2.75, 3.05) is 12.4 Å². The predicted molar refractivity (Wildman–Crippen MR) is 85.7 cm³/mol. The van der Waals surface area contributed by atoms with Gasteiger partial charge in [-0.1, -0.05) is 48.7 Å². The van der Waals surface area contributed by atoms with Crippen molar-refractivity contribution >= 4 is 28.6 Å². The highest BCUT2D eigenvalue weighted by Gasteiger charge is 2.27. The molecule has 102 valence electrons. The fourth-order valence-corrected chi connectivity index (χ4v) is 3.11. The summed E-state index contributed by atoms with van der Waals surface area (Å²) in [5.41, 5.74) is 0.217. The van der Waals surface area contributed by atoms with Crippen molar-refractivity contribution in [2.45, 2.75) is 39.5 Å². The van der Waals surface area contributed by atoms with Gasteiger partial charge in [0.25, 0.3) is 0 Å². The molecule has 1 rings (SSSR count). The molecule has 0 aromatic heterocycles. The van der Waals surface area contributed by atoms with Crippen LogP contribution < -0.4 is 4.74 Å². The van der Waals surface area contributed by atoms with Gasteiger partial charge in [-0.2, -0.15) is 12.6 Å². The highest BCUT2D eigenvalue weighted by molar-refractivity contribution is 9.10. The van der Waals surface area contributed by atoms with Crippen LogP contribution in [0.25, 0.3) is 0 Å². The topological polar surface area (TPSA) is 9.23 Å². The lowest BCUT2D eigenvalue weighted by Gasteiger charge is -2.31. The summed E-state index contributed by atoms with van der Waals surface area (Å²) >= 11 is 8.01. The van der Waals surface area contributed by atoms with Gasteiger partial charge in [-0.25, -0.2) is 0 Å². The van der Waals surface area contributed by atoms with Crippen LogP contribution in [0.3, 0.4) is 0 Å². The van der Waals surface area contributed by atoms with Gasteiger partial charge < -0.3 is 4.74 Å². The Bertz CT molecular complexity index is 348. The highest BCUT2D eigenvalue weighted by atomic mass is 79.9. The van der Waals surface area contributed by atoms with Crippen LogP contribution in [0.1, 0.15) is 39.5 Å². The first-order chi connectivity index (χ1) is 8.65. The lowest BCUT2D eigenvalue weighted by Crippen LogP contribution is -2.30. The second kappa shape index (κ2) is 8.11. The summed E-state index contributed by atoms with van der Waals surface area (Å²) in [6.07, 6.45) is 4.72. The summed E-state index contributed by atoms with van der Waals surface area (Å²) in [6, 6.07) is 8.03. The van der Waals surface area contributed by atoms with Gasteiger partial charge in [0.2, 0.25) is 0 Å². The number of ether oxygens (including phenoxy) is 1. The molecule has 18 heavy (non-hydrogen) atoms. The summed E-state index contributed by atoms with van der Waals surface area (Å²) < 4.78 is 7.03. The summed E-state index contributed by atoms with van der Waals surface area (Å²) in [5, 5.41) is 0. The van der Waals surface area contributed by atoms with Crippen molar-refractivity contribution in [1.29, 1.82) is 0 Å². The molecule has 1 aromatic carbocycles. The van der Waals surface area contributed by atoms with Crippen molar-refractivity contribution in [3.63, 3.8) is 0 Å². The monoisotopic (exact) mass is 330 g/mol. The molecule has 0 aliphatic carbocycles. The molecule has 0 saturated carbocycles. The van der Waals surface area contributed by atoms with Crippen LogP contribution in [-0.2, 0) is 0 Å². The number of halogens is 1. The van der Waals surface area contributed by atoms with Crippen molar-refractivity contribution in [3.05, 3.63) is 28.7 Å². The molecule has 0 radical (unpaired) electrons. The van der Waals surface area contributed by atoms with Crippen LogP contribution in [-0.4, -0.2) is 12.4 Å². The van der Waals surface area contributed by atoms with Gasteiger partial charge in [-0.15, -0.1) is 0 Å². The number of hydrogen-bond donors (Lipinski definition) is 1. The minimum atomic E-state index is 0.217. The van der Waals surface area contributed by atoms with Gasteiger partial charge in [-0.3, -0.25) is 0 Å². The van der Waals surface area contributed by atoms with Crippen LogP contribution in [0, 0.1) is 5.41 Å². The third-order valence-electron chi connectivity index (χ3n) is 3.24. The third kappa shape index (κ3) is 4.85. The van der Waals surface area contributed by atoms with Crippen LogP contribution in [0.4, 0.5) is 0 Å². The summed E-state index contributed by atoms with van der Waals surface area (Å²) in [7, 11) is 0. The molecule has 0 aliphatic heterocycles. The Morgan fingerprint density at radius 1 is 1.22 bits per heavy atom. The quantitative estimate of drug-likeness (QED) is 0.632. The molecule has 0 amide bonds. The average molecular weight is 331 g/mol. The van der Waals surface area contributed by atoms with Crippen molar-refractivity contribution in [3.8, 4) is 5.75 Å². The Balaban J connectivity index is 2.66. The van der Waals surface area contributed by atoms with Crippen molar-refractivity contribution < 1.29 is 4.74 Å². The lowest BCUT2D eigenvalue weighted by atomic mass is 9.82. The van der Waals surface area contributed by atoms with E-state index in [0.717, 1.165) is 22.6 Å². The van der Waals surface area contributed by atoms with Crippen molar-refractivity contribution in [1.82, 2.24) is 0 Å². The van der Waals surface area contributed by atoms with Gasteiger partial charge in [0.05, 0.1) is 6.61 Å². The fraction of sp³-hybridized carbons (Fsp3) is 0.600. The smallest absolute Gasteiger partial charge is 0.120 e. The zero-order valence-electron chi connectivity index (χ0n) is 11.3. The van der Waals surface area contributed by atoms with Gasteiger partial charge in [-0.05, 0) is 36.8 Å². The van der Waals surface area contributed by atoms with Gasteiger partial charge in [0, 0.05) is 9.89 Å². The Labute approximate surface area is 125 Å². The molecule has 0 atom stereocenters. The first kappa shape index (κ1) is 15.9. The van der Waals surface area contributed by atoms with E-state index in [-0.39, 0.29) is 5.41 Å². The molecule has 1 aromatic rings. The average Bonchev–Trinajstić information content (AvgIpc) is 2.37. The zero-order chi connectivity index (χ0) is 13.4. The van der Waals surface area contributed by atoms with Gasteiger partial charge in [0.1, 0.15) is 5.75 Å². The highest BCUT2D eigenvalue weighted by Crippen LogP contribution is 2.32. The summed E-state index contributed by atoms with van der Waals surface area (Å²) in [6.45, 7) is 5.22. The molecule has 0 N–H and O–H groups in total. The predicted octanol–water partition coefficient (Wildman–Crippen LogP) is 5.34. The molecule has 0 fully saturated rings. The largest absolute Gasteiger partial charge is 0.493 e. The minimum Gasteiger partial charge on any atom is -0.493 e. The number of hydrogen-bond acceptors (Lipinski definition) is 2. The maximum absolute atomic E-state index is 5.97. The first-order valence-corrected chi connectivity index (χ1v) is 8.07. The number of rotatable bonds is 8. The normalized spacial score (nSPS) is 11.6. The third-order valence-corrected chi connectivity index (χ3v) is 4.40. The van der Waals surface area contributed by atoms with E-state index in [1.165, 1.54) is 25.7 Å². The van der Waals surface area contributed by atoms with E-state index >= 15 is 0 Å². The minimum absolute atomic E-state index is 0.217. The van der Waals surface area contributed by atoms with E-state index in [1.54, 1.807) is 0 Å². The fourth-order valence-electron chi connectivity index (χ4n) is 2.33. The number of thiol groups is 1. The zero-order valence-corrected chi connectivity index (χ0v) is 13.8. The summed E-state index contributed by atoms with van der Waals surface area (Å²) in [4.78, 5) is 0. The Morgan fingerprint density at radius 2 is 1.89 bits per heavy atom. The summed E-state index contributed by atoms with van der Waals surface area (Å²) in [5.74, 6) is 1.82. The SMILES string of the molecule is CCCC(CS)(CCC)COc1cccc(Br)c1. The maximum atomic E-state index is 5.97. The molecule has 0 spiro atoms. The van der Waals surface area contributed by atoms with Crippen LogP contribution in [0.2, 0.25) is 0 Å². The molecular formula is C15H23BrOS. The lowest BCUT2D eigenvalue weighted by molar-refractivity contribution is 0.143. The van der Waals surface area contributed by atoms with E-state index in [0.29, 0.717) is 0 Å². The Kier molecular flexibility index (Phi) is 7.16. The first-order valence-electron chi connectivity index (χ1n) is 6.65. The molecule has 0 saturated heterocycles. The molecule has 0 heterocycles.